The van der Waals surface area contributed by atoms with Crippen LogP contribution in [-0.4, -0.2) is 97.6 Å². The lowest BCUT2D eigenvalue weighted by Gasteiger charge is -2.34. The van der Waals surface area contributed by atoms with Crippen molar-refractivity contribution in [1.29, 1.82) is 0 Å². The van der Waals surface area contributed by atoms with Crippen molar-refractivity contribution in [2.45, 2.75) is 83.8 Å². The van der Waals surface area contributed by atoms with Crippen molar-refractivity contribution in [3.63, 3.8) is 0 Å². The third-order valence-corrected chi connectivity index (χ3v) is 5.60. The lowest BCUT2D eigenvalue weighted by atomic mass is 9.90. The molecule has 12 nitrogen and oxygen atoms in total. The third kappa shape index (κ3) is 7.08. The molecule has 0 spiro atoms. The molecule has 0 aromatic carbocycles. The van der Waals surface area contributed by atoms with E-state index in [0.29, 0.717) is 0 Å². The monoisotopic (exact) mass is 478 g/mol. The Kier molecular flexibility index (Phi) is 10.0. The van der Waals surface area contributed by atoms with Crippen molar-refractivity contribution in [2.24, 2.45) is 11.8 Å². The van der Waals surface area contributed by atoms with E-state index >= 15 is 0 Å². The van der Waals surface area contributed by atoms with Crippen LogP contribution >= 0.6 is 0 Å². The second kappa shape index (κ2) is 12.0. The lowest BCUT2D eigenvalue weighted by molar-refractivity contribution is -0.249. The Labute approximate surface area is 192 Å². The van der Waals surface area contributed by atoms with Crippen LogP contribution < -0.4 is 0 Å². The minimum absolute atomic E-state index is 0.109. The molecule has 2 aliphatic rings. The number of hydrogen-bond donors (Lipinski definition) is 2. The molecule has 10 atom stereocenters. The van der Waals surface area contributed by atoms with Crippen LogP contribution in [0.4, 0.5) is 0 Å². The highest BCUT2D eigenvalue weighted by atomic mass is 16.7. The van der Waals surface area contributed by atoms with E-state index in [0.717, 1.165) is 13.8 Å². The topological polar surface area (TPSA) is 156 Å². The van der Waals surface area contributed by atoms with Crippen molar-refractivity contribution in [3.05, 3.63) is 0 Å². The Hall–Kier alpha value is -1.83. The molecule has 12 heteroatoms. The zero-order chi connectivity index (χ0) is 24.9. The van der Waals surface area contributed by atoms with Gasteiger partial charge in [0.25, 0.3) is 0 Å². The highest BCUT2D eigenvalue weighted by molar-refractivity contribution is 5.67. The Morgan fingerprint density at radius 1 is 0.758 bits per heavy atom. The van der Waals surface area contributed by atoms with Crippen LogP contribution in [0.15, 0.2) is 0 Å². The molecule has 0 aliphatic carbocycles. The van der Waals surface area contributed by atoms with Gasteiger partial charge in [0.05, 0.1) is 13.2 Å². The predicted molar refractivity (Wildman–Crippen MR) is 108 cm³/mol. The van der Waals surface area contributed by atoms with Gasteiger partial charge in [-0.1, -0.05) is 13.8 Å². The summed E-state index contributed by atoms with van der Waals surface area (Å²) in [6, 6.07) is 0. The molecule has 0 aromatic heterocycles. The van der Waals surface area contributed by atoms with Crippen molar-refractivity contribution in [1.82, 2.24) is 0 Å². The molecule has 0 radical (unpaired) electrons. The number of aliphatic hydroxyl groups is 2. The van der Waals surface area contributed by atoms with Gasteiger partial charge in [-0.05, 0) is 0 Å². The summed E-state index contributed by atoms with van der Waals surface area (Å²) in [5.74, 6) is -2.70. The van der Waals surface area contributed by atoms with Gasteiger partial charge in [0.15, 0.2) is 24.8 Å². The Balaban J connectivity index is 2.25. The Morgan fingerprint density at radius 2 is 1.27 bits per heavy atom. The van der Waals surface area contributed by atoms with Crippen LogP contribution in [0.5, 0.6) is 0 Å². The van der Waals surface area contributed by atoms with Gasteiger partial charge in [-0.15, -0.1) is 0 Å². The maximum atomic E-state index is 11.7. The second-order valence-electron chi connectivity index (χ2n) is 8.35. The molecule has 33 heavy (non-hydrogen) atoms. The van der Waals surface area contributed by atoms with E-state index in [2.05, 4.69) is 0 Å². The van der Waals surface area contributed by atoms with E-state index in [1.54, 1.807) is 6.92 Å². The number of ether oxygens (including phenoxy) is 7. The molecule has 2 rings (SSSR count). The molecule has 190 valence electrons. The van der Waals surface area contributed by atoms with Crippen molar-refractivity contribution in [2.75, 3.05) is 20.3 Å². The van der Waals surface area contributed by atoms with Gasteiger partial charge in [-0.3, -0.25) is 14.4 Å². The fraction of sp³-hybridized carbons (Fsp3) is 0.857. The maximum Gasteiger partial charge on any atom is 0.303 e. The van der Waals surface area contributed by atoms with E-state index in [1.807, 2.05) is 6.92 Å². The summed E-state index contributed by atoms with van der Waals surface area (Å²) in [7, 11) is 1.30. The van der Waals surface area contributed by atoms with Crippen molar-refractivity contribution >= 4 is 17.9 Å². The van der Waals surface area contributed by atoms with E-state index in [1.165, 1.54) is 14.0 Å². The van der Waals surface area contributed by atoms with Gasteiger partial charge >= 0.3 is 17.9 Å². The molecule has 2 N–H and O–H groups in total. The summed E-state index contributed by atoms with van der Waals surface area (Å²) in [5.41, 5.74) is 0. The summed E-state index contributed by atoms with van der Waals surface area (Å²) < 4.78 is 38.2. The minimum atomic E-state index is -1.52. The first-order chi connectivity index (χ1) is 15.5. The van der Waals surface area contributed by atoms with E-state index in [4.69, 9.17) is 33.2 Å². The smallest absolute Gasteiger partial charge is 0.303 e. The fourth-order valence-corrected chi connectivity index (χ4v) is 4.02. The molecule has 2 fully saturated rings. The van der Waals surface area contributed by atoms with E-state index in [-0.39, 0.29) is 19.1 Å². The molecular weight excluding hydrogens is 444 g/mol. The number of aliphatic hydroxyl groups excluding tert-OH is 2. The average Bonchev–Trinajstić information content (AvgIpc) is 2.90. The van der Waals surface area contributed by atoms with Crippen molar-refractivity contribution < 1.29 is 57.8 Å². The maximum absolute atomic E-state index is 11.7. The second-order valence-corrected chi connectivity index (χ2v) is 8.35. The first-order valence-corrected chi connectivity index (χ1v) is 10.8. The van der Waals surface area contributed by atoms with Crippen LogP contribution in [-0.2, 0) is 47.5 Å². The molecular formula is C21H34O12. The molecule has 0 bridgehead atoms. The third-order valence-electron chi connectivity index (χ3n) is 5.60. The van der Waals surface area contributed by atoms with Crippen molar-refractivity contribution in [3.8, 4) is 0 Å². The summed E-state index contributed by atoms with van der Waals surface area (Å²) >= 11 is 0. The molecule has 0 aromatic rings. The number of rotatable bonds is 6. The predicted octanol–water partition coefficient (Wildman–Crippen LogP) is -0.480. The van der Waals surface area contributed by atoms with Crippen LogP contribution in [0.3, 0.4) is 0 Å². The first kappa shape index (κ1) is 27.4. The molecule has 2 saturated heterocycles. The SMILES string of the molecule is COC1OCC(OC2OCC(C)C(OC(C)=O)C(C)C2O)C(O)C(OC(C)=O)C1OC(C)=O. The standard InChI is InChI=1S/C21H34O12/c1-9-7-28-20(15(25)10(2)17(9)30-11(3)22)33-14-8-29-21(27-6)19(32-13(5)24)18(16(14)26)31-12(4)23/h9-10,14-21,25-26H,7-8H2,1-6H3. The largest absolute Gasteiger partial charge is 0.462 e. The Morgan fingerprint density at radius 3 is 1.82 bits per heavy atom. The highest BCUT2D eigenvalue weighted by Crippen LogP contribution is 2.31. The van der Waals surface area contributed by atoms with Crippen LogP contribution in [0.1, 0.15) is 34.6 Å². The lowest BCUT2D eigenvalue weighted by Crippen LogP contribution is -2.52. The van der Waals surface area contributed by atoms with Crippen LogP contribution in [0, 0.1) is 11.8 Å². The first-order valence-electron chi connectivity index (χ1n) is 10.8. The molecule has 2 aliphatic heterocycles. The number of methoxy groups -OCH3 is 1. The molecule has 0 saturated carbocycles. The van der Waals surface area contributed by atoms with E-state index < -0.39 is 73.0 Å². The van der Waals surface area contributed by atoms with Crippen LogP contribution in [0.2, 0.25) is 0 Å². The van der Waals surface area contributed by atoms with Gasteiger partial charge in [-0.25, -0.2) is 0 Å². The Bertz CT molecular complexity index is 684. The van der Waals surface area contributed by atoms with Gasteiger partial charge in [0, 0.05) is 39.7 Å². The number of carbonyl (C=O) groups excluding carboxylic acids is 3. The number of esters is 3. The minimum Gasteiger partial charge on any atom is -0.462 e. The van der Waals surface area contributed by atoms with Gasteiger partial charge in [0.2, 0.25) is 0 Å². The van der Waals surface area contributed by atoms with Gasteiger partial charge in [0.1, 0.15) is 24.4 Å². The molecule has 0 amide bonds. The summed E-state index contributed by atoms with van der Waals surface area (Å²) in [4.78, 5) is 34.8. The van der Waals surface area contributed by atoms with Crippen LogP contribution in [0.25, 0.3) is 0 Å². The van der Waals surface area contributed by atoms with E-state index in [9.17, 15) is 24.6 Å². The quantitative estimate of drug-likeness (QED) is 0.374. The normalized spacial score (nSPS) is 39.6. The summed E-state index contributed by atoms with van der Waals surface area (Å²) in [6.45, 7) is 6.94. The zero-order valence-electron chi connectivity index (χ0n) is 19.7. The average molecular weight is 478 g/mol. The fourth-order valence-electron chi connectivity index (χ4n) is 4.02. The summed E-state index contributed by atoms with van der Waals surface area (Å²) in [5, 5.41) is 21.8. The van der Waals surface area contributed by atoms with Gasteiger partial charge < -0.3 is 43.4 Å². The number of carbonyl (C=O) groups is 3. The zero-order valence-corrected chi connectivity index (χ0v) is 19.7. The highest BCUT2D eigenvalue weighted by Gasteiger charge is 2.49. The van der Waals surface area contributed by atoms with Gasteiger partial charge in [-0.2, -0.15) is 0 Å². The number of hydrogen-bond acceptors (Lipinski definition) is 12. The molecule has 2 heterocycles. The molecule has 10 unspecified atom stereocenters. The summed E-state index contributed by atoms with van der Waals surface area (Å²) in [6.07, 6.45) is -9.52.